The van der Waals surface area contributed by atoms with E-state index in [2.05, 4.69) is 22.8 Å². The number of aliphatic carboxylic acids is 1. The van der Waals surface area contributed by atoms with Gasteiger partial charge in [0.2, 0.25) is 0 Å². The Bertz CT molecular complexity index is 1040. The van der Waals surface area contributed by atoms with Crippen LogP contribution in [0.4, 0.5) is 20.3 Å². The molecule has 0 amide bonds. The van der Waals surface area contributed by atoms with Crippen molar-refractivity contribution in [2.75, 3.05) is 23.7 Å². The van der Waals surface area contributed by atoms with Gasteiger partial charge < -0.3 is 15.7 Å². The van der Waals surface area contributed by atoms with Gasteiger partial charge >= 0.3 is 5.97 Å². The van der Waals surface area contributed by atoms with Crippen LogP contribution in [0.5, 0.6) is 0 Å². The number of nitrogens with one attached hydrogen (secondary N) is 2. The Hall–Kier alpha value is -2.96. The summed E-state index contributed by atoms with van der Waals surface area (Å²) in [7, 11) is 0. The van der Waals surface area contributed by atoms with Crippen LogP contribution in [0.2, 0.25) is 0 Å². The van der Waals surface area contributed by atoms with Gasteiger partial charge in [0.05, 0.1) is 6.42 Å². The van der Waals surface area contributed by atoms with Gasteiger partial charge in [-0.1, -0.05) is 31.4 Å². The Kier molecular flexibility index (Phi) is 7.57. The van der Waals surface area contributed by atoms with E-state index in [4.69, 9.17) is 4.98 Å². The molecule has 1 atom stereocenters. The quantitative estimate of drug-likeness (QED) is 0.394. The predicted molar refractivity (Wildman–Crippen MR) is 126 cm³/mol. The molecule has 1 unspecified atom stereocenters. The fourth-order valence-electron chi connectivity index (χ4n) is 4.73. The van der Waals surface area contributed by atoms with Gasteiger partial charge in [0.15, 0.2) is 11.6 Å². The highest BCUT2D eigenvalue weighted by molar-refractivity contribution is 5.74. The molecule has 3 heterocycles. The zero-order chi connectivity index (χ0) is 23.2. The summed E-state index contributed by atoms with van der Waals surface area (Å²) < 4.78 is 27.1. The molecule has 0 radical (unpaired) electrons. The van der Waals surface area contributed by atoms with Crippen molar-refractivity contribution < 1.29 is 18.7 Å². The molecule has 0 spiro atoms. The maximum Gasteiger partial charge on any atom is 0.303 e. The van der Waals surface area contributed by atoms with Gasteiger partial charge in [-0.25, -0.2) is 13.8 Å². The van der Waals surface area contributed by atoms with E-state index >= 15 is 0 Å². The molecule has 7 heteroatoms. The summed E-state index contributed by atoms with van der Waals surface area (Å²) in [6.45, 7) is 1.44. The molecule has 2 aliphatic rings. The van der Waals surface area contributed by atoms with Gasteiger partial charge in [-0.05, 0) is 61.3 Å². The van der Waals surface area contributed by atoms with Gasteiger partial charge in [0.1, 0.15) is 5.82 Å². The number of carboxylic acid groups (broad SMARTS) is 1. The van der Waals surface area contributed by atoms with Crippen molar-refractivity contribution in [3.63, 3.8) is 0 Å². The zero-order valence-corrected chi connectivity index (χ0v) is 18.8. The van der Waals surface area contributed by atoms with Gasteiger partial charge in [-0.15, -0.1) is 0 Å². The summed E-state index contributed by atoms with van der Waals surface area (Å²) in [5.41, 5.74) is 4.46. The van der Waals surface area contributed by atoms with Crippen molar-refractivity contribution >= 4 is 23.6 Å². The number of unbranched alkanes of at least 4 members (excludes halogenated alkanes) is 3. The number of rotatable bonds is 10. The molecule has 2 aromatic rings. The third-order valence-electron chi connectivity index (χ3n) is 6.55. The van der Waals surface area contributed by atoms with E-state index in [1.165, 1.54) is 11.6 Å². The van der Waals surface area contributed by atoms with E-state index in [1.807, 2.05) is 6.08 Å². The summed E-state index contributed by atoms with van der Waals surface area (Å²) in [5, 5.41) is 15.9. The van der Waals surface area contributed by atoms with E-state index in [1.54, 1.807) is 0 Å². The number of hydrogen-bond donors (Lipinski definition) is 3. The number of benzene rings is 1. The second-order valence-electron chi connectivity index (χ2n) is 9.01. The number of nitrogens with zero attached hydrogens (tertiary/aromatic N) is 1. The third-order valence-corrected chi connectivity index (χ3v) is 6.55. The second-order valence-corrected chi connectivity index (χ2v) is 9.01. The Morgan fingerprint density at radius 3 is 2.76 bits per heavy atom. The molecule has 3 N–H and O–H groups in total. The maximum atomic E-state index is 13.6. The second kappa shape index (κ2) is 10.8. The number of aromatic nitrogens is 1. The molecule has 33 heavy (non-hydrogen) atoms. The fourth-order valence-corrected chi connectivity index (χ4v) is 4.73. The smallest absolute Gasteiger partial charge is 0.303 e. The number of pyridine rings is 1. The molecular weight excluding hydrogens is 424 g/mol. The lowest BCUT2D eigenvalue weighted by Gasteiger charge is -2.25. The van der Waals surface area contributed by atoms with Crippen molar-refractivity contribution in [2.24, 2.45) is 5.92 Å². The van der Waals surface area contributed by atoms with Crippen molar-refractivity contribution in [3.05, 3.63) is 58.3 Å². The number of halogens is 2. The Labute approximate surface area is 193 Å². The number of hydrogen-bond acceptors (Lipinski definition) is 4. The first-order valence-electron chi connectivity index (χ1n) is 11.9. The maximum absolute atomic E-state index is 13.6. The average molecular weight is 456 g/mol. The number of aryl methyl sites for hydroxylation is 2. The zero-order valence-electron chi connectivity index (χ0n) is 18.8. The topological polar surface area (TPSA) is 74.2 Å². The molecule has 1 aromatic carbocycles. The highest BCUT2D eigenvalue weighted by Gasteiger charge is 2.22. The lowest BCUT2D eigenvalue weighted by molar-refractivity contribution is -0.137. The van der Waals surface area contributed by atoms with Crippen LogP contribution < -0.4 is 10.6 Å². The van der Waals surface area contributed by atoms with E-state index in [0.717, 1.165) is 81.1 Å². The molecule has 0 saturated carbocycles. The van der Waals surface area contributed by atoms with Gasteiger partial charge in [0, 0.05) is 36.1 Å². The normalized spacial score (nSPS) is 15.5. The lowest BCUT2D eigenvalue weighted by atomic mass is 9.87. The summed E-state index contributed by atoms with van der Waals surface area (Å²) in [4.78, 5) is 16.2. The minimum Gasteiger partial charge on any atom is -0.481 e. The van der Waals surface area contributed by atoms with Crippen LogP contribution in [0.25, 0.3) is 6.08 Å². The highest BCUT2D eigenvalue weighted by atomic mass is 19.2. The van der Waals surface area contributed by atoms with E-state index < -0.39 is 17.6 Å². The largest absolute Gasteiger partial charge is 0.481 e. The summed E-state index contributed by atoms with van der Waals surface area (Å²) in [6, 6.07) is 6.63. The number of anilines is 2. The Balaban J connectivity index is 1.27. The van der Waals surface area contributed by atoms with Gasteiger partial charge in [-0.2, -0.15) is 0 Å². The minimum absolute atomic E-state index is 0.0402. The molecule has 0 saturated heterocycles. The monoisotopic (exact) mass is 455 g/mol. The van der Waals surface area contributed by atoms with Gasteiger partial charge in [-0.3, -0.25) is 4.79 Å². The van der Waals surface area contributed by atoms with Crippen LogP contribution in [0.1, 0.15) is 61.8 Å². The van der Waals surface area contributed by atoms with Crippen LogP contribution in [0.3, 0.4) is 0 Å². The predicted octanol–water partition coefficient (Wildman–Crippen LogP) is 5.81. The molecule has 0 bridgehead atoms. The molecule has 5 nitrogen and oxygen atoms in total. The molecule has 0 fully saturated rings. The Morgan fingerprint density at radius 2 is 1.91 bits per heavy atom. The first kappa shape index (κ1) is 23.2. The number of carbonyl (C=O) groups is 1. The fraction of sp³-hybridized carbons (Fsp3) is 0.462. The van der Waals surface area contributed by atoms with Crippen LogP contribution in [0, 0.1) is 17.6 Å². The van der Waals surface area contributed by atoms with Crippen LogP contribution in [0.15, 0.2) is 29.8 Å². The lowest BCUT2D eigenvalue weighted by Crippen LogP contribution is -2.20. The highest BCUT2D eigenvalue weighted by Crippen LogP contribution is 2.32. The van der Waals surface area contributed by atoms with E-state index in [9.17, 15) is 18.7 Å². The first-order chi connectivity index (χ1) is 16.0. The molecule has 1 aromatic heterocycles. The summed E-state index contributed by atoms with van der Waals surface area (Å²) in [5.74, 6) is -1.71. The SMILES string of the molecule is O=C(O)CC(CCCCCCc1ccc2c(n1)NCCC2)C1=Cc2cc(F)c(F)cc2NC1. The number of carboxylic acids is 1. The molecule has 176 valence electrons. The van der Waals surface area contributed by atoms with Crippen LogP contribution in [-0.2, 0) is 17.6 Å². The molecular formula is C26H31F2N3O2. The molecule has 0 aliphatic carbocycles. The van der Waals surface area contributed by atoms with Crippen molar-refractivity contribution in [1.82, 2.24) is 4.98 Å². The van der Waals surface area contributed by atoms with Gasteiger partial charge in [0.25, 0.3) is 0 Å². The van der Waals surface area contributed by atoms with Crippen LogP contribution >= 0.6 is 0 Å². The van der Waals surface area contributed by atoms with Crippen LogP contribution in [-0.4, -0.2) is 29.1 Å². The summed E-state index contributed by atoms with van der Waals surface area (Å²) >= 11 is 0. The van der Waals surface area contributed by atoms with Crippen molar-refractivity contribution in [1.29, 1.82) is 0 Å². The molecule has 2 aliphatic heterocycles. The average Bonchev–Trinajstić information content (AvgIpc) is 2.80. The standard InChI is InChI=1S/C26H31F2N3O2/c27-22-13-19-12-20(16-30-24(19)15-23(22)28)18(14-25(32)33)6-3-1-2-4-8-21-10-9-17-7-5-11-29-26(17)31-21/h9-10,12-13,15,18,30H,1-8,11,14,16H2,(H,29,31)(H,32,33). The minimum atomic E-state index is -0.896. The van der Waals surface area contributed by atoms with Crippen molar-refractivity contribution in [2.45, 2.75) is 57.8 Å². The van der Waals surface area contributed by atoms with E-state index in [0.29, 0.717) is 17.8 Å². The third kappa shape index (κ3) is 6.09. The molecule has 4 rings (SSSR count). The van der Waals surface area contributed by atoms with Crippen molar-refractivity contribution in [3.8, 4) is 0 Å². The number of fused-ring (bicyclic) bond motifs is 2. The summed E-state index contributed by atoms with van der Waals surface area (Å²) in [6.07, 6.45) is 9.89. The first-order valence-corrected chi connectivity index (χ1v) is 11.9. The Morgan fingerprint density at radius 1 is 1.09 bits per heavy atom. The van der Waals surface area contributed by atoms with E-state index in [-0.39, 0.29) is 12.3 Å².